The summed E-state index contributed by atoms with van der Waals surface area (Å²) in [7, 11) is 1.71. The van der Waals surface area contributed by atoms with Crippen LogP contribution in [0.2, 0.25) is 0 Å². The lowest BCUT2D eigenvalue weighted by atomic mass is 10.0. The predicted molar refractivity (Wildman–Crippen MR) is 125 cm³/mol. The molecule has 0 aliphatic carbocycles. The fourth-order valence-electron chi connectivity index (χ4n) is 4.17. The monoisotopic (exact) mass is 416 g/mol. The average Bonchev–Trinajstić information content (AvgIpc) is 2.81. The molecule has 0 bridgehead atoms. The van der Waals surface area contributed by atoms with Crippen LogP contribution in [0.3, 0.4) is 0 Å². The number of benzene rings is 3. The van der Waals surface area contributed by atoms with E-state index in [-0.39, 0.29) is 5.91 Å². The molecule has 1 aliphatic rings. The van der Waals surface area contributed by atoms with E-state index in [9.17, 15) is 4.79 Å². The number of carbonyl (C=O) groups excluding carboxylic acids is 1. The van der Waals surface area contributed by atoms with Gasteiger partial charge in [0, 0.05) is 5.69 Å². The SMILES string of the molecule is COc1ccccc1N1CC[NH+](CC(=O)Nc2ccccc2Cc2ccccc2)CC1. The molecule has 1 aliphatic heterocycles. The molecule has 1 heterocycles. The van der Waals surface area contributed by atoms with Crippen molar-refractivity contribution in [1.82, 2.24) is 0 Å². The third-order valence-electron chi connectivity index (χ3n) is 5.84. The Morgan fingerprint density at radius 3 is 2.39 bits per heavy atom. The number of para-hydroxylation sites is 3. The van der Waals surface area contributed by atoms with Crippen LogP contribution in [-0.2, 0) is 11.2 Å². The lowest BCUT2D eigenvalue weighted by Crippen LogP contribution is -3.15. The minimum absolute atomic E-state index is 0.0706. The zero-order valence-corrected chi connectivity index (χ0v) is 18.0. The zero-order chi connectivity index (χ0) is 21.5. The van der Waals surface area contributed by atoms with Gasteiger partial charge in [0.25, 0.3) is 5.91 Å². The first-order valence-electron chi connectivity index (χ1n) is 10.9. The third-order valence-corrected chi connectivity index (χ3v) is 5.84. The number of amides is 1. The molecule has 3 aromatic carbocycles. The molecule has 1 saturated heterocycles. The minimum atomic E-state index is 0.0706. The van der Waals surface area contributed by atoms with Gasteiger partial charge in [-0.1, -0.05) is 60.7 Å². The van der Waals surface area contributed by atoms with E-state index in [2.05, 4.69) is 34.5 Å². The van der Waals surface area contributed by atoms with Crippen LogP contribution >= 0.6 is 0 Å². The molecule has 0 atom stereocenters. The summed E-state index contributed by atoms with van der Waals surface area (Å²) in [6, 6.07) is 26.5. The highest BCUT2D eigenvalue weighted by molar-refractivity contribution is 5.92. The van der Waals surface area contributed by atoms with E-state index in [0.717, 1.165) is 55.3 Å². The first kappa shape index (κ1) is 20.9. The van der Waals surface area contributed by atoms with Gasteiger partial charge in [0.1, 0.15) is 5.75 Å². The molecule has 3 aromatic rings. The Morgan fingerprint density at radius 2 is 1.61 bits per heavy atom. The Morgan fingerprint density at radius 1 is 0.935 bits per heavy atom. The predicted octanol–water partition coefficient (Wildman–Crippen LogP) is 2.63. The average molecular weight is 417 g/mol. The maximum Gasteiger partial charge on any atom is 0.279 e. The first-order chi connectivity index (χ1) is 15.2. The highest BCUT2D eigenvalue weighted by Gasteiger charge is 2.24. The van der Waals surface area contributed by atoms with Crippen molar-refractivity contribution in [3.8, 4) is 5.75 Å². The number of hydrogen-bond acceptors (Lipinski definition) is 3. The van der Waals surface area contributed by atoms with Crippen LogP contribution in [0.1, 0.15) is 11.1 Å². The van der Waals surface area contributed by atoms with E-state index in [0.29, 0.717) is 6.54 Å². The fourth-order valence-corrected chi connectivity index (χ4v) is 4.17. The smallest absolute Gasteiger partial charge is 0.279 e. The molecule has 2 N–H and O–H groups in total. The van der Waals surface area contributed by atoms with Crippen molar-refractivity contribution in [1.29, 1.82) is 0 Å². The molecular weight excluding hydrogens is 386 g/mol. The Kier molecular flexibility index (Phi) is 6.85. The molecule has 1 amide bonds. The van der Waals surface area contributed by atoms with Crippen molar-refractivity contribution >= 4 is 17.3 Å². The normalized spacial score (nSPS) is 14.3. The highest BCUT2D eigenvalue weighted by Crippen LogP contribution is 2.27. The number of nitrogens with one attached hydrogen (secondary N) is 2. The Labute approximate surface area is 184 Å². The molecule has 0 radical (unpaired) electrons. The van der Waals surface area contributed by atoms with Crippen LogP contribution in [0, 0.1) is 0 Å². The molecule has 1 fully saturated rings. The third kappa shape index (κ3) is 5.44. The van der Waals surface area contributed by atoms with Crippen molar-refractivity contribution in [3.05, 3.63) is 90.0 Å². The maximum absolute atomic E-state index is 12.8. The molecule has 0 aromatic heterocycles. The van der Waals surface area contributed by atoms with Crippen LogP contribution in [0.5, 0.6) is 5.75 Å². The van der Waals surface area contributed by atoms with Crippen LogP contribution in [0.25, 0.3) is 0 Å². The number of anilines is 2. The Balaban J connectivity index is 1.32. The standard InChI is InChI=1S/C26H29N3O2/c1-31-25-14-8-7-13-24(25)29-17-15-28(16-18-29)20-26(30)27-23-12-6-5-11-22(23)19-21-9-3-2-4-10-21/h2-14H,15-20H2,1H3,(H,27,30)/p+1. The second-order valence-corrected chi connectivity index (χ2v) is 7.95. The Hall–Kier alpha value is -3.31. The molecule has 0 unspecified atom stereocenters. The molecule has 5 nitrogen and oxygen atoms in total. The van der Waals surface area contributed by atoms with Gasteiger partial charge in [0.05, 0.1) is 39.0 Å². The summed E-state index contributed by atoms with van der Waals surface area (Å²) >= 11 is 0. The number of ether oxygens (including phenoxy) is 1. The number of methoxy groups -OCH3 is 1. The number of hydrogen-bond donors (Lipinski definition) is 2. The minimum Gasteiger partial charge on any atom is -0.495 e. The van der Waals surface area contributed by atoms with Crippen LogP contribution in [-0.4, -0.2) is 45.7 Å². The van der Waals surface area contributed by atoms with Crippen LogP contribution < -0.4 is 19.9 Å². The quantitative estimate of drug-likeness (QED) is 0.623. The lowest BCUT2D eigenvalue weighted by molar-refractivity contribution is -0.892. The summed E-state index contributed by atoms with van der Waals surface area (Å²) in [6.07, 6.45) is 0.807. The van der Waals surface area contributed by atoms with Gasteiger partial charge in [-0.05, 0) is 35.7 Å². The van der Waals surface area contributed by atoms with Crippen molar-refractivity contribution in [2.24, 2.45) is 0 Å². The molecule has 4 rings (SSSR count). The van der Waals surface area contributed by atoms with Gasteiger partial charge in [-0.25, -0.2) is 0 Å². The van der Waals surface area contributed by atoms with Crippen molar-refractivity contribution in [2.75, 3.05) is 50.1 Å². The molecule has 0 spiro atoms. The van der Waals surface area contributed by atoms with Gasteiger partial charge in [0.15, 0.2) is 6.54 Å². The molecule has 31 heavy (non-hydrogen) atoms. The van der Waals surface area contributed by atoms with E-state index in [4.69, 9.17) is 4.74 Å². The summed E-state index contributed by atoms with van der Waals surface area (Å²) in [5.41, 5.74) is 4.41. The first-order valence-corrected chi connectivity index (χ1v) is 10.9. The van der Waals surface area contributed by atoms with Gasteiger partial charge < -0.3 is 19.9 Å². The zero-order valence-electron chi connectivity index (χ0n) is 18.0. The molecule has 160 valence electrons. The summed E-state index contributed by atoms with van der Waals surface area (Å²) in [4.78, 5) is 16.4. The van der Waals surface area contributed by atoms with Crippen molar-refractivity contribution in [3.63, 3.8) is 0 Å². The largest absolute Gasteiger partial charge is 0.495 e. The summed E-state index contributed by atoms with van der Waals surface area (Å²) in [5.74, 6) is 0.972. The second kappa shape index (κ2) is 10.1. The summed E-state index contributed by atoms with van der Waals surface area (Å²) in [5, 5.41) is 3.15. The van der Waals surface area contributed by atoms with Crippen molar-refractivity contribution in [2.45, 2.75) is 6.42 Å². The van der Waals surface area contributed by atoms with E-state index in [1.807, 2.05) is 54.6 Å². The van der Waals surface area contributed by atoms with Gasteiger partial charge in [-0.3, -0.25) is 4.79 Å². The number of piperazine rings is 1. The molecule has 0 saturated carbocycles. The summed E-state index contributed by atoms with van der Waals surface area (Å²) < 4.78 is 5.50. The van der Waals surface area contributed by atoms with E-state index >= 15 is 0 Å². The lowest BCUT2D eigenvalue weighted by Gasteiger charge is -2.34. The molecule has 5 heteroatoms. The van der Waals surface area contributed by atoms with Crippen molar-refractivity contribution < 1.29 is 14.4 Å². The van der Waals surface area contributed by atoms with E-state index in [1.54, 1.807) is 7.11 Å². The number of nitrogens with zero attached hydrogens (tertiary/aromatic N) is 1. The Bertz CT molecular complexity index is 998. The van der Waals surface area contributed by atoms with E-state index in [1.165, 1.54) is 10.5 Å². The van der Waals surface area contributed by atoms with Gasteiger partial charge in [-0.15, -0.1) is 0 Å². The van der Waals surface area contributed by atoms with Crippen LogP contribution in [0.4, 0.5) is 11.4 Å². The number of rotatable bonds is 7. The van der Waals surface area contributed by atoms with E-state index < -0.39 is 0 Å². The summed E-state index contributed by atoms with van der Waals surface area (Å²) in [6.45, 7) is 4.16. The highest BCUT2D eigenvalue weighted by atomic mass is 16.5. The maximum atomic E-state index is 12.8. The molecular formula is C26H30N3O2+. The second-order valence-electron chi connectivity index (χ2n) is 7.95. The van der Waals surface area contributed by atoms with Gasteiger partial charge in [0.2, 0.25) is 0 Å². The van der Waals surface area contributed by atoms with Crippen LogP contribution in [0.15, 0.2) is 78.9 Å². The number of quaternary nitrogens is 1. The fraction of sp³-hybridized carbons (Fsp3) is 0.269. The van der Waals surface area contributed by atoms with Gasteiger partial charge in [-0.2, -0.15) is 0 Å². The number of carbonyl (C=O) groups is 1. The van der Waals surface area contributed by atoms with Gasteiger partial charge >= 0.3 is 0 Å². The topological polar surface area (TPSA) is 46.0 Å².